The number of carbonyl (C=O) groups is 1. The quantitative estimate of drug-likeness (QED) is 0.124. The van der Waals surface area contributed by atoms with Gasteiger partial charge in [0.05, 0.1) is 44.2 Å². The second kappa shape index (κ2) is 9.31. The molecule has 1 radical (unpaired) electrons. The molecule has 0 aromatic rings. The fourth-order valence-electron chi connectivity index (χ4n) is 8.67. The first kappa shape index (κ1) is 27.8. The number of carbonyl (C=O) groups excluding carboxylic acids is 1. The number of rotatable bonds is 0. The smallest absolute Gasteiger partial charge is 0.332 e. The Morgan fingerprint density at radius 3 is 2.54 bits per heavy atom. The zero-order valence-corrected chi connectivity index (χ0v) is 29.3. The van der Waals surface area contributed by atoms with Crippen molar-refractivity contribution in [3.8, 4) is 0 Å². The lowest BCUT2D eigenvalue weighted by atomic mass is 9.80. The molecule has 2 aliphatic carbocycles. The lowest BCUT2D eigenvalue weighted by molar-refractivity contribution is -1.29. The Kier molecular flexibility index (Phi) is 6.99. The normalized spacial score (nSPS) is 45.8. The first-order valence-corrected chi connectivity index (χ1v) is 16.2. The first-order valence-electron chi connectivity index (χ1n) is 13.1. The topological polar surface area (TPSA) is 58.6 Å². The molecular formula is C27H30I4N2O4-. The average molecular weight is 954 g/mol. The highest BCUT2D eigenvalue weighted by Crippen LogP contribution is 2.58. The summed E-state index contributed by atoms with van der Waals surface area (Å²) in [4.78, 5) is 11.8. The maximum Gasteiger partial charge on any atom is 0.332 e. The van der Waals surface area contributed by atoms with E-state index >= 15 is 0 Å². The number of likely N-dealkylation sites (N-methyl/N-ethyl adjacent to an activating group) is 1. The highest BCUT2D eigenvalue weighted by Gasteiger charge is 2.68. The molecule has 2 spiro atoms. The van der Waals surface area contributed by atoms with Crippen molar-refractivity contribution in [1.82, 2.24) is 0 Å². The predicted molar refractivity (Wildman–Crippen MR) is 145 cm³/mol. The third-order valence-corrected chi connectivity index (χ3v) is 13.8. The summed E-state index contributed by atoms with van der Waals surface area (Å²) in [5.41, 5.74) is 3.12. The maximum atomic E-state index is 11.8. The molecule has 0 amide bonds. The van der Waals surface area contributed by atoms with Crippen molar-refractivity contribution < 1.29 is 73.4 Å². The van der Waals surface area contributed by atoms with Gasteiger partial charge >= 0.3 is 5.97 Å². The van der Waals surface area contributed by atoms with Gasteiger partial charge in [0.2, 0.25) is 0 Å². The monoisotopic (exact) mass is 954 g/mol. The predicted octanol–water partition coefficient (Wildman–Crippen LogP) is -1.90. The molecule has 6 nitrogen and oxygen atoms in total. The zero-order chi connectivity index (χ0) is 25.1. The number of nitrogens with zero attached hydrogens (tertiary/aromatic N) is 2. The molecule has 4 saturated heterocycles. The molecule has 2 unspecified atom stereocenters. The molecule has 0 aromatic carbocycles. The fourth-order valence-corrected chi connectivity index (χ4v) is 12.0. The largest absolute Gasteiger partial charge is 1.00 e. The van der Waals surface area contributed by atoms with Crippen LogP contribution in [0.2, 0.25) is 0 Å². The molecule has 0 aromatic heterocycles. The number of piperidine rings is 2. The summed E-state index contributed by atoms with van der Waals surface area (Å²) >= 11 is 7.32. The molecule has 0 N–H and O–H groups in total. The number of allylic oxidation sites excluding steroid dienone is 2. The van der Waals surface area contributed by atoms with Gasteiger partial charge in [-0.1, -0.05) is 0 Å². The van der Waals surface area contributed by atoms with Crippen LogP contribution in [0.4, 0.5) is 0 Å². The van der Waals surface area contributed by atoms with Gasteiger partial charge in [0.15, 0.2) is 5.60 Å². The van der Waals surface area contributed by atoms with Gasteiger partial charge < -0.3 is 68.6 Å². The Bertz CT molecular complexity index is 1240. The Morgan fingerprint density at radius 1 is 1.03 bits per heavy atom. The summed E-state index contributed by atoms with van der Waals surface area (Å²) in [5, 5.41) is 11.8. The van der Waals surface area contributed by atoms with E-state index in [0.717, 1.165) is 37.6 Å². The van der Waals surface area contributed by atoms with Gasteiger partial charge in [0.25, 0.3) is 0 Å². The number of halogens is 4. The Labute approximate surface area is 276 Å². The molecule has 0 saturated carbocycles. The van der Waals surface area contributed by atoms with Gasteiger partial charge in [0.1, 0.15) is 17.7 Å². The number of hydrogen-bond acceptors (Lipinski definition) is 4. The molecule has 4 fully saturated rings. The molecule has 8 aliphatic rings. The van der Waals surface area contributed by atoms with Gasteiger partial charge in [-0.25, -0.2) is 4.79 Å². The van der Waals surface area contributed by atoms with Crippen molar-refractivity contribution in [2.24, 2.45) is 0 Å². The van der Waals surface area contributed by atoms with Gasteiger partial charge in [0, 0.05) is 44.1 Å². The van der Waals surface area contributed by atoms with E-state index in [4.69, 9.17) is 9.47 Å². The second-order valence-corrected chi connectivity index (χ2v) is 15.8. The van der Waals surface area contributed by atoms with Crippen molar-refractivity contribution in [1.29, 1.82) is 0 Å². The summed E-state index contributed by atoms with van der Waals surface area (Å²) in [6.45, 7) is 2.40. The highest BCUT2D eigenvalue weighted by molar-refractivity contribution is 14.1. The minimum atomic E-state index is -0.334. The van der Waals surface area contributed by atoms with E-state index in [1.165, 1.54) is 58.1 Å². The van der Waals surface area contributed by atoms with Crippen LogP contribution in [0.15, 0.2) is 54.3 Å². The van der Waals surface area contributed by atoms with E-state index in [2.05, 4.69) is 87.2 Å². The third kappa shape index (κ3) is 3.72. The van der Waals surface area contributed by atoms with Crippen LogP contribution >= 0.6 is 45.2 Å². The van der Waals surface area contributed by atoms with Crippen LogP contribution in [0.25, 0.3) is 0 Å². The Hall–Kier alpha value is 0.610. The number of esters is 1. The van der Waals surface area contributed by atoms with Gasteiger partial charge in [-0.15, -0.1) is 0 Å². The minimum Gasteiger partial charge on any atom is -1.00 e. The van der Waals surface area contributed by atoms with Crippen molar-refractivity contribution in [3.05, 3.63) is 54.3 Å². The summed E-state index contributed by atoms with van der Waals surface area (Å²) in [6, 6.07) is 1.42. The molecule has 4 bridgehead atoms. The van der Waals surface area contributed by atoms with Crippen LogP contribution in [0, 0.1) is 0 Å². The lowest BCUT2D eigenvalue weighted by Gasteiger charge is -2.53. The van der Waals surface area contributed by atoms with E-state index < -0.39 is 0 Å². The molecular weight excluding hydrogens is 924 g/mol. The molecule has 201 valence electrons. The molecule has 6 heterocycles. The second-order valence-electron chi connectivity index (χ2n) is 11.8. The summed E-state index contributed by atoms with van der Waals surface area (Å²) in [7, 11) is 2.36. The first-order chi connectivity index (χ1) is 17.1. The van der Waals surface area contributed by atoms with Crippen molar-refractivity contribution in [2.75, 3.05) is 20.1 Å². The average Bonchev–Trinajstić information content (AvgIpc) is 3.48. The van der Waals surface area contributed by atoms with E-state index in [-0.39, 0.29) is 47.1 Å². The lowest BCUT2D eigenvalue weighted by Crippen LogP contribution is -3.47. The van der Waals surface area contributed by atoms with E-state index in [1.807, 2.05) is 0 Å². The summed E-state index contributed by atoms with van der Waals surface area (Å²) in [5.74, 6) is -0.281. The van der Waals surface area contributed by atoms with Gasteiger partial charge in [-0.3, -0.25) is 0 Å². The molecule has 37 heavy (non-hydrogen) atoms. The van der Waals surface area contributed by atoms with Crippen LogP contribution < -0.4 is 51.9 Å². The van der Waals surface area contributed by atoms with Crippen LogP contribution in [-0.4, -0.2) is 62.6 Å². The van der Waals surface area contributed by atoms with E-state index in [0.29, 0.717) is 18.1 Å². The minimum absolute atomic E-state index is 0. The molecule has 8 rings (SSSR count). The Morgan fingerprint density at radius 2 is 1.76 bits per heavy atom. The summed E-state index contributed by atoms with van der Waals surface area (Å²) < 4.78 is 16.2. The number of fused-ring (bicyclic) bond motifs is 6. The maximum absolute atomic E-state index is 11.8. The number of quaternary nitrogens is 2. The molecule has 6 aliphatic heterocycles. The molecule has 10 heteroatoms. The van der Waals surface area contributed by atoms with Crippen LogP contribution in [0.5, 0.6) is 0 Å². The molecule has 7 atom stereocenters. The van der Waals surface area contributed by atoms with E-state index in [1.54, 1.807) is 12.2 Å². The summed E-state index contributed by atoms with van der Waals surface area (Å²) in [6.07, 6.45) is 17.5. The number of hydrogen-bond donors (Lipinski definition) is 0. The highest BCUT2D eigenvalue weighted by atomic mass is 127. The third-order valence-electron chi connectivity index (χ3n) is 10.2. The fraction of sp³-hybridized carbons (Fsp3) is 0.593. The van der Waals surface area contributed by atoms with Crippen LogP contribution in [-0.2, 0) is 14.3 Å². The van der Waals surface area contributed by atoms with Gasteiger partial charge in [-0.05, 0) is 88.6 Å². The zero-order valence-electron chi connectivity index (χ0n) is 20.7. The Balaban J connectivity index is 0.000000133. The van der Waals surface area contributed by atoms with Crippen molar-refractivity contribution >= 4 is 51.2 Å². The number of ether oxygens (including phenoxy) is 2. The van der Waals surface area contributed by atoms with Crippen molar-refractivity contribution in [3.63, 3.8) is 0 Å². The SMILES string of the molecule is C[N+]12CCCC[C@@H]1[C@]13C[C@H]2C=C(I)C1=CC(=O)O3.[I-].[O-]C1=CC2=C(I)C=C3C[C@@]2(O1)[C@H]1CCCC[N+]31[I-]. The van der Waals surface area contributed by atoms with Crippen LogP contribution in [0.3, 0.4) is 0 Å². The van der Waals surface area contributed by atoms with E-state index in [9.17, 15) is 9.90 Å². The van der Waals surface area contributed by atoms with Crippen molar-refractivity contribution in [2.45, 2.75) is 80.7 Å². The van der Waals surface area contributed by atoms with Gasteiger partial charge in [-0.2, -0.15) is 0 Å². The standard InChI is InChI=1S/C14H17INO2.C13H14I2NO2.HI/c1-16-5-3-2-4-12(16)14-8-9(16)6-11(15)10(14)7-13(17)18-14;14-10-5-8-7-13(9(10)6-12(17)18-13)11-3-1-2-4-16(8,11)15;/h6-7,9,12H,2-5,8H2,1H3;5-6,11,17H,1-4,7H2;1H/q+1;;/p-2/t9-,12-,14+,16?;11-,13+,16?;/m11./s1. The van der Waals surface area contributed by atoms with Crippen LogP contribution in [0.1, 0.15) is 51.4 Å².